The number of carbonyl (C=O) groups excluding carboxylic acids is 2. The van der Waals surface area contributed by atoms with Gasteiger partial charge in [0.15, 0.2) is 11.6 Å². The van der Waals surface area contributed by atoms with Crippen molar-refractivity contribution >= 4 is 66.3 Å². The number of thiophene rings is 4. The summed E-state index contributed by atoms with van der Waals surface area (Å²) in [5.74, 6) is -0.0109. The van der Waals surface area contributed by atoms with E-state index in [1.807, 2.05) is 6.92 Å². The van der Waals surface area contributed by atoms with Crippen LogP contribution < -0.4 is 0 Å². The summed E-state index contributed by atoms with van der Waals surface area (Å²) < 4.78 is 2.50. The van der Waals surface area contributed by atoms with Gasteiger partial charge in [0.05, 0.1) is 10.4 Å². The van der Waals surface area contributed by atoms with Gasteiger partial charge in [-0.2, -0.15) is 11.3 Å². The quantitative estimate of drug-likeness (QED) is 0.346. The lowest BCUT2D eigenvalue weighted by Crippen LogP contribution is -2.18. The van der Waals surface area contributed by atoms with Crippen molar-refractivity contribution in [2.75, 3.05) is 0 Å². The van der Waals surface area contributed by atoms with Gasteiger partial charge in [0.2, 0.25) is 0 Å². The first kappa shape index (κ1) is 14.7. The Morgan fingerprint density at radius 2 is 1.46 bits per heavy atom. The Morgan fingerprint density at radius 1 is 0.792 bits per heavy atom. The van der Waals surface area contributed by atoms with Gasteiger partial charge in [0, 0.05) is 51.5 Å². The molecule has 0 unspecified atom stereocenters. The van der Waals surface area contributed by atoms with Crippen LogP contribution in [0.15, 0.2) is 22.9 Å². The van der Waals surface area contributed by atoms with Gasteiger partial charge in [-0.1, -0.05) is 0 Å². The van der Waals surface area contributed by atoms with Crippen molar-refractivity contribution in [3.63, 3.8) is 0 Å². The molecule has 0 saturated heterocycles. The van der Waals surface area contributed by atoms with E-state index in [1.165, 1.54) is 25.6 Å². The van der Waals surface area contributed by atoms with Gasteiger partial charge in [-0.3, -0.25) is 9.59 Å². The Morgan fingerprint density at radius 3 is 2.17 bits per heavy atom. The SMILES string of the molecule is Cc1cc2sc(-c3sc(C)c4c3C(=O)c3cscc3C4=O)cc2s1. The van der Waals surface area contributed by atoms with E-state index < -0.39 is 0 Å². The average Bonchev–Trinajstić information content (AvgIpc) is 3.25. The topological polar surface area (TPSA) is 34.1 Å². The van der Waals surface area contributed by atoms with E-state index in [1.54, 1.807) is 44.8 Å². The fourth-order valence-corrected chi connectivity index (χ4v) is 7.57. The Balaban J connectivity index is 1.78. The molecule has 0 bridgehead atoms. The molecule has 0 aliphatic heterocycles. The molecule has 1 aliphatic carbocycles. The highest BCUT2D eigenvalue weighted by atomic mass is 32.1. The van der Waals surface area contributed by atoms with E-state index in [4.69, 9.17) is 0 Å². The van der Waals surface area contributed by atoms with Gasteiger partial charge in [-0.25, -0.2) is 0 Å². The third-order valence-electron chi connectivity index (χ3n) is 4.24. The van der Waals surface area contributed by atoms with Crippen molar-refractivity contribution < 1.29 is 9.59 Å². The smallest absolute Gasteiger partial charge is 0.196 e. The molecule has 0 atom stereocenters. The maximum atomic E-state index is 13.0. The van der Waals surface area contributed by atoms with Crippen LogP contribution in [0.5, 0.6) is 0 Å². The number of ketones is 2. The normalized spacial score (nSPS) is 13.6. The first-order valence-electron chi connectivity index (χ1n) is 7.34. The van der Waals surface area contributed by atoms with Gasteiger partial charge in [-0.15, -0.1) is 34.0 Å². The van der Waals surface area contributed by atoms with Crippen molar-refractivity contribution in [3.8, 4) is 9.75 Å². The summed E-state index contributed by atoms with van der Waals surface area (Å²) in [5.41, 5.74) is 2.34. The lowest BCUT2D eigenvalue weighted by molar-refractivity contribution is 0.0981. The average molecular weight is 387 g/mol. The number of aryl methyl sites for hydroxylation is 2. The summed E-state index contributed by atoms with van der Waals surface area (Å²) in [6.07, 6.45) is 0. The van der Waals surface area contributed by atoms with Crippen LogP contribution in [0.3, 0.4) is 0 Å². The third-order valence-corrected chi connectivity index (χ3v) is 8.48. The lowest BCUT2D eigenvalue weighted by atomic mass is 9.86. The van der Waals surface area contributed by atoms with E-state index in [2.05, 4.69) is 19.1 Å². The zero-order valence-corrected chi connectivity index (χ0v) is 16.0. The highest BCUT2D eigenvalue weighted by Crippen LogP contribution is 2.46. The molecule has 0 spiro atoms. The second kappa shape index (κ2) is 4.95. The number of hydrogen-bond acceptors (Lipinski definition) is 6. The molecule has 0 fully saturated rings. The minimum atomic E-state index is -0.00636. The van der Waals surface area contributed by atoms with Crippen LogP contribution in [-0.2, 0) is 0 Å². The van der Waals surface area contributed by atoms with Gasteiger partial charge >= 0.3 is 0 Å². The van der Waals surface area contributed by atoms with Gasteiger partial charge in [-0.05, 0) is 26.0 Å². The van der Waals surface area contributed by atoms with Crippen molar-refractivity contribution in [2.45, 2.75) is 13.8 Å². The molecule has 4 aromatic heterocycles. The fourth-order valence-electron chi connectivity index (χ4n) is 3.19. The number of fused-ring (bicyclic) bond motifs is 3. The number of carbonyl (C=O) groups is 2. The molecule has 118 valence electrons. The summed E-state index contributed by atoms with van der Waals surface area (Å²) >= 11 is 6.45. The summed E-state index contributed by atoms with van der Waals surface area (Å²) in [7, 11) is 0. The Hall–Kier alpha value is -1.60. The summed E-state index contributed by atoms with van der Waals surface area (Å²) in [4.78, 5) is 30.1. The van der Waals surface area contributed by atoms with Gasteiger partial charge < -0.3 is 0 Å². The minimum absolute atomic E-state index is 0.00457. The molecular formula is C18H10O2S4. The summed E-state index contributed by atoms with van der Waals surface area (Å²) in [6, 6.07) is 4.34. The summed E-state index contributed by atoms with van der Waals surface area (Å²) in [6.45, 7) is 4.05. The highest BCUT2D eigenvalue weighted by Gasteiger charge is 2.36. The molecule has 0 amide bonds. The first-order valence-corrected chi connectivity index (χ1v) is 10.7. The lowest BCUT2D eigenvalue weighted by Gasteiger charge is -2.12. The molecule has 5 rings (SSSR count). The second-order valence-electron chi connectivity index (χ2n) is 5.79. The zero-order chi connectivity index (χ0) is 16.6. The predicted molar refractivity (Wildman–Crippen MR) is 104 cm³/mol. The monoisotopic (exact) mass is 386 g/mol. The molecule has 24 heavy (non-hydrogen) atoms. The molecule has 4 aromatic rings. The molecule has 0 N–H and O–H groups in total. The molecule has 2 nitrogen and oxygen atoms in total. The Kier molecular flexibility index (Phi) is 3.04. The molecular weight excluding hydrogens is 376 g/mol. The highest BCUT2D eigenvalue weighted by molar-refractivity contribution is 7.31. The minimum Gasteiger partial charge on any atom is -0.288 e. The molecule has 0 saturated carbocycles. The van der Waals surface area contributed by atoms with Crippen LogP contribution in [0.1, 0.15) is 41.6 Å². The van der Waals surface area contributed by atoms with Crippen molar-refractivity contribution in [3.05, 3.63) is 54.9 Å². The van der Waals surface area contributed by atoms with Gasteiger partial charge in [0.1, 0.15) is 0 Å². The van der Waals surface area contributed by atoms with Crippen LogP contribution in [-0.4, -0.2) is 11.6 Å². The maximum absolute atomic E-state index is 13.0. The zero-order valence-electron chi connectivity index (χ0n) is 12.8. The molecule has 6 heteroatoms. The van der Waals surface area contributed by atoms with Gasteiger partial charge in [0.25, 0.3) is 0 Å². The van der Waals surface area contributed by atoms with Crippen LogP contribution in [0, 0.1) is 13.8 Å². The van der Waals surface area contributed by atoms with E-state index in [0.29, 0.717) is 22.3 Å². The van der Waals surface area contributed by atoms with E-state index in [9.17, 15) is 9.59 Å². The van der Waals surface area contributed by atoms with E-state index in [-0.39, 0.29) is 11.6 Å². The standard InChI is InChI=1S/C18H10O2S4/c1-7-3-11-12(22-7)4-13(24-11)18-15-14(8(2)23-18)16(19)9-5-21-6-10(9)17(15)20/h3-6H,1-2H3. The molecule has 4 heterocycles. The van der Waals surface area contributed by atoms with Crippen molar-refractivity contribution in [1.82, 2.24) is 0 Å². The fraction of sp³-hybridized carbons (Fsp3) is 0.111. The van der Waals surface area contributed by atoms with Crippen molar-refractivity contribution in [2.24, 2.45) is 0 Å². The van der Waals surface area contributed by atoms with Crippen LogP contribution in [0.2, 0.25) is 0 Å². The number of rotatable bonds is 1. The largest absolute Gasteiger partial charge is 0.288 e. The molecule has 0 aromatic carbocycles. The van der Waals surface area contributed by atoms with Crippen LogP contribution in [0.25, 0.3) is 19.2 Å². The van der Waals surface area contributed by atoms with Crippen molar-refractivity contribution in [1.29, 1.82) is 0 Å². The maximum Gasteiger partial charge on any atom is 0.196 e. The van der Waals surface area contributed by atoms with E-state index >= 15 is 0 Å². The predicted octanol–water partition coefficient (Wildman–Crippen LogP) is 6.15. The first-order chi connectivity index (χ1) is 11.5. The van der Waals surface area contributed by atoms with Crippen LogP contribution in [0.4, 0.5) is 0 Å². The molecule has 1 aliphatic rings. The van der Waals surface area contributed by atoms with E-state index in [0.717, 1.165) is 14.6 Å². The Labute approximate surface area is 154 Å². The van der Waals surface area contributed by atoms with Crippen LogP contribution >= 0.6 is 45.3 Å². The summed E-state index contributed by atoms with van der Waals surface area (Å²) in [5, 5.41) is 3.59. The molecule has 0 radical (unpaired) electrons. The third kappa shape index (κ3) is 1.85. The second-order valence-corrected chi connectivity index (χ2v) is 10.1. The Bertz CT molecular complexity index is 1130. The number of hydrogen-bond donors (Lipinski definition) is 0.